The second-order valence-electron chi connectivity index (χ2n) is 3.81. The van der Waals surface area contributed by atoms with E-state index in [9.17, 15) is 9.59 Å². The highest BCUT2D eigenvalue weighted by Gasteiger charge is 2.17. The summed E-state index contributed by atoms with van der Waals surface area (Å²) in [4.78, 5) is 25.4. The highest BCUT2D eigenvalue weighted by molar-refractivity contribution is 9.10. The molecule has 0 N–H and O–H groups in total. The summed E-state index contributed by atoms with van der Waals surface area (Å²) in [6.45, 7) is 1.70. The van der Waals surface area contributed by atoms with Gasteiger partial charge in [0.2, 0.25) is 5.91 Å². The SMILES string of the molecule is O=C(Cn1cc(Br)ccc1=O)N1CCSCC1. The van der Waals surface area contributed by atoms with E-state index in [2.05, 4.69) is 15.9 Å². The molecule has 0 saturated carbocycles. The van der Waals surface area contributed by atoms with Gasteiger partial charge in [-0.2, -0.15) is 11.8 Å². The molecule has 1 aromatic rings. The van der Waals surface area contributed by atoms with Gasteiger partial charge in [0.05, 0.1) is 0 Å². The van der Waals surface area contributed by atoms with E-state index in [0.717, 1.165) is 29.1 Å². The number of pyridine rings is 1. The topological polar surface area (TPSA) is 42.3 Å². The molecule has 1 saturated heterocycles. The van der Waals surface area contributed by atoms with E-state index >= 15 is 0 Å². The van der Waals surface area contributed by atoms with Gasteiger partial charge in [0, 0.05) is 41.3 Å². The van der Waals surface area contributed by atoms with Crippen molar-refractivity contribution in [3.63, 3.8) is 0 Å². The minimum absolute atomic E-state index is 0.0190. The van der Waals surface area contributed by atoms with Crippen LogP contribution < -0.4 is 5.56 Å². The van der Waals surface area contributed by atoms with Gasteiger partial charge in [0.1, 0.15) is 6.54 Å². The largest absolute Gasteiger partial charge is 0.339 e. The summed E-state index contributed by atoms with van der Waals surface area (Å²) in [5.41, 5.74) is -0.145. The Morgan fingerprint density at radius 3 is 2.76 bits per heavy atom. The molecule has 1 aromatic heterocycles. The maximum absolute atomic E-state index is 12.0. The fraction of sp³-hybridized carbons (Fsp3) is 0.455. The van der Waals surface area contributed by atoms with Crippen molar-refractivity contribution in [1.82, 2.24) is 9.47 Å². The van der Waals surface area contributed by atoms with Crippen molar-refractivity contribution in [2.75, 3.05) is 24.6 Å². The van der Waals surface area contributed by atoms with Crippen molar-refractivity contribution in [3.8, 4) is 0 Å². The number of hydrogen-bond acceptors (Lipinski definition) is 3. The Morgan fingerprint density at radius 1 is 1.35 bits per heavy atom. The predicted molar refractivity (Wildman–Crippen MR) is 72.3 cm³/mol. The molecule has 1 aliphatic rings. The Labute approximate surface area is 112 Å². The van der Waals surface area contributed by atoms with Crippen LogP contribution in [0.4, 0.5) is 0 Å². The van der Waals surface area contributed by atoms with E-state index in [0.29, 0.717) is 0 Å². The van der Waals surface area contributed by atoms with Crippen LogP contribution in [0.25, 0.3) is 0 Å². The lowest BCUT2D eigenvalue weighted by Crippen LogP contribution is -2.41. The third-order valence-corrected chi connectivity index (χ3v) is 4.03. The molecule has 0 radical (unpaired) electrons. The van der Waals surface area contributed by atoms with Crippen molar-refractivity contribution in [2.45, 2.75) is 6.54 Å². The summed E-state index contributed by atoms with van der Waals surface area (Å²) in [6, 6.07) is 3.14. The van der Waals surface area contributed by atoms with Gasteiger partial charge in [0.15, 0.2) is 0 Å². The number of carbonyl (C=O) groups excluding carboxylic acids is 1. The Balaban J connectivity index is 2.07. The molecule has 6 heteroatoms. The highest BCUT2D eigenvalue weighted by atomic mass is 79.9. The standard InChI is InChI=1S/C11H13BrN2O2S/c12-9-1-2-10(15)14(7-9)8-11(16)13-3-5-17-6-4-13/h1-2,7H,3-6,8H2. The van der Waals surface area contributed by atoms with Crippen molar-refractivity contribution in [2.24, 2.45) is 0 Å². The second kappa shape index (κ2) is 5.73. The zero-order valence-electron chi connectivity index (χ0n) is 9.26. The first-order chi connectivity index (χ1) is 8.16. The van der Waals surface area contributed by atoms with Gasteiger partial charge < -0.3 is 9.47 Å². The first-order valence-corrected chi connectivity index (χ1v) is 7.33. The van der Waals surface area contributed by atoms with Crippen molar-refractivity contribution >= 4 is 33.6 Å². The lowest BCUT2D eigenvalue weighted by Gasteiger charge is -2.26. The molecule has 0 atom stereocenters. The smallest absolute Gasteiger partial charge is 0.251 e. The quantitative estimate of drug-likeness (QED) is 0.823. The van der Waals surface area contributed by atoms with E-state index in [1.807, 2.05) is 16.7 Å². The number of carbonyl (C=O) groups is 1. The lowest BCUT2D eigenvalue weighted by atomic mass is 10.4. The average Bonchev–Trinajstić information content (AvgIpc) is 2.35. The molecule has 2 heterocycles. The van der Waals surface area contributed by atoms with Crippen LogP contribution in [-0.2, 0) is 11.3 Å². The van der Waals surface area contributed by atoms with E-state index in [4.69, 9.17) is 0 Å². The number of halogens is 1. The molecule has 0 aliphatic carbocycles. The lowest BCUT2D eigenvalue weighted by molar-refractivity contribution is -0.131. The second-order valence-corrected chi connectivity index (χ2v) is 5.95. The molecule has 1 amide bonds. The van der Waals surface area contributed by atoms with E-state index in [1.165, 1.54) is 10.6 Å². The number of nitrogens with zero attached hydrogens (tertiary/aromatic N) is 2. The third kappa shape index (κ3) is 3.35. The monoisotopic (exact) mass is 316 g/mol. The molecular formula is C11H13BrN2O2S. The number of amides is 1. The van der Waals surface area contributed by atoms with Crippen LogP contribution >= 0.6 is 27.7 Å². The fourth-order valence-corrected chi connectivity index (χ4v) is 2.97. The Morgan fingerprint density at radius 2 is 2.06 bits per heavy atom. The van der Waals surface area contributed by atoms with Crippen LogP contribution in [0.5, 0.6) is 0 Å². The molecule has 0 aromatic carbocycles. The number of rotatable bonds is 2. The zero-order valence-corrected chi connectivity index (χ0v) is 11.7. The molecule has 92 valence electrons. The fourth-order valence-electron chi connectivity index (χ4n) is 1.68. The third-order valence-electron chi connectivity index (χ3n) is 2.62. The van der Waals surface area contributed by atoms with Gasteiger partial charge in [-0.05, 0) is 22.0 Å². The van der Waals surface area contributed by atoms with Crippen LogP contribution in [0.1, 0.15) is 0 Å². The Hall–Kier alpha value is -0.750. The molecular weight excluding hydrogens is 304 g/mol. The van der Waals surface area contributed by atoms with Crippen molar-refractivity contribution in [3.05, 3.63) is 33.2 Å². The summed E-state index contributed by atoms with van der Waals surface area (Å²) in [6.07, 6.45) is 1.65. The summed E-state index contributed by atoms with van der Waals surface area (Å²) in [5.74, 6) is 1.99. The zero-order chi connectivity index (χ0) is 12.3. The van der Waals surface area contributed by atoms with Crippen molar-refractivity contribution in [1.29, 1.82) is 0 Å². The van der Waals surface area contributed by atoms with Gasteiger partial charge in [-0.1, -0.05) is 0 Å². The Bertz CT molecular complexity index is 469. The van der Waals surface area contributed by atoms with Gasteiger partial charge in [0.25, 0.3) is 5.56 Å². The van der Waals surface area contributed by atoms with Crippen LogP contribution in [0.2, 0.25) is 0 Å². The maximum atomic E-state index is 12.0. The van der Waals surface area contributed by atoms with Gasteiger partial charge in [-0.25, -0.2) is 0 Å². The number of aromatic nitrogens is 1. The van der Waals surface area contributed by atoms with Crippen LogP contribution in [0.3, 0.4) is 0 Å². The molecule has 0 unspecified atom stereocenters. The average molecular weight is 317 g/mol. The number of thioether (sulfide) groups is 1. The first kappa shape index (κ1) is 12.7. The molecule has 0 bridgehead atoms. The molecule has 4 nitrogen and oxygen atoms in total. The van der Waals surface area contributed by atoms with Crippen LogP contribution in [0.15, 0.2) is 27.6 Å². The van der Waals surface area contributed by atoms with E-state index < -0.39 is 0 Å². The van der Waals surface area contributed by atoms with Crippen LogP contribution in [-0.4, -0.2) is 40.0 Å². The summed E-state index contributed by atoms with van der Waals surface area (Å²) in [7, 11) is 0. The highest BCUT2D eigenvalue weighted by Crippen LogP contribution is 2.10. The molecule has 1 aliphatic heterocycles. The first-order valence-electron chi connectivity index (χ1n) is 5.38. The maximum Gasteiger partial charge on any atom is 0.251 e. The predicted octanol–water partition coefficient (Wildman–Crippen LogP) is 1.19. The normalized spacial score (nSPS) is 15.9. The van der Waals surface area contributed by atoms with E-state index in [-0.39, 0.29) is 18.0 Å². The van der Waals surface area contributed by atoms with Gasteiger partial charge >= 0.3 is 0 Å². The van der Waals surface area contributed by atoms with Crippen molar-refractivity contribution < 1.29 is 4.79 Å². The Kier molecular flexibility index (Phi) is 4.28. The summed E-state index contributed by atoms with van der Waals surface area (Å²) < 4.78 is 2.24. The molecule has 0 spiro atoms. The van der Waals surface area contributed by atoms with Gasteiger partial charge in [-0.3, -0.25) is 9.59 Å². The molecule has 17 heavy (non-hydrogen) atoms. The molecule has 2 rings (SSSR count). The summed E-state index contributed by atoms with van der Waals surface area (Å²) in [5, 5.41) is 0. The minimum atomic E-state index is -0.145. The van der Waals surface area contributed by atoms with Gasteiger partial charge in [-0.15, -0.1) is 0 Å². The summed E-state index contributed by atoms with van der Waals surface area (Å²) >= 11 is 5.15. The minimum Gasteiger partial charge on any atom is -0.339 e. The number of hydrogen-bond donors (Lipinski definition) is 0. The van der Waals surface area contributed by atoms with E-state index in [1.54, 1.807) is 12.3 Å². The van der Waals surface area contributed by atoms with Crippen LogP contribution in [0, 0.1) is 0 Å². The molecule has 1 fully saturated rings.